The van der Waals surface area contributed by atoms with E-state index in [1.54, 1.807) is 12.4 Å². The maximum absolute atomic E-state index is 13.1. The van der Waals surface area contributed by atoms with Crippen LogP contribution in [0.2, 0.25) is 0 Å². The van der Waals surface area contributed by atoms with E-state index < -0.39 is 5.69 Å². The molecule has 3 rings (SSSR count). The third-order valence-corrected chi connectivity index (χ3v) is 4.59. The molecule has 0 bridgehead atoms. The Morgan fingerprint density at radius 1 is 1.11 bits per heavy atom. The van der Waals surface area contributed by atoms with Crippen LogP contribution in [-0.4, -0.2) is 18.7 Å². The molecule has 2 aromatic heterocycles. The Bertz CT molecular complexity index is 1080. The average Bonchev–Trinajstić information content (AvgIpc) is 3.02. The Morgan fingerprint density at radius 2 is 1.78 bits per heavy atom. The topological polar surface area (TPSA) is 61.8 Å². The minimum atomic E-state index is -0.403. The number of hydrogen-bond donors (Lipinski definition) is 0. The van der Waals surface area contributed by atoms with Gasteiger partial charge < -0.3 is 4.57 Å². The summed E-state index contributed by atoms with van der Waals surface area (Å²) in [5, 5.41) is 0. The molecule has 0 spiro atoms. The molecule has 0 atom stereocenters. The summed E-state index contributed by atoms with van der Waals surface area (Å²) in [5.41, 5.74) is 1.98. The van der Waals surface area contributed by atoms with E-state index in [0.29, 0.717) is 35.2 Å². The van der Waals surface area contributed by atoms with Crippen LogP contribution in [0.1, 0.15) is 39.2 Å². The van der Waals surface area contributed by atoms with E-state index in [9.17, 15) is 9.59 Å². The van der Waals surface area contributed by atoms with E-state index in [-0.39, 0.29) is 12.1 Å². The van der Waals surface area contributed by atoms with Gasteiger partial charge in [0.25, 0.3) is 5.56 Å². The van der Waals surface area contributed by atoms with Gasteiger partial charge in [-0.1, -0.05) is 45.9 Å². The molecular weight excluding hydrogens is 340 g/mol. The Kier molecular flexibility index (Phi) is 5.17. The zero-order chi connectivity index (χ0) is 19.7. The number of fused-ring (bicyclic) bond motifs is 1. The van der Waals surface area contributed by atoms with Crippen LogP contribution in [-0.2, 0) is 13.1 Å². The Morgan fingerprint density at radius 3 is 2.33 bits per heavy atom. The summed E-state index contributed by atoms with van der Waals surface area (Å²) in [4.78, 5) is 30.5. The largest absolute Gasteiger partial charge is 0.337 e. The summed E-state index contributed by atoms with van der Waals surface area (Å²) in [6.07, 6.45) is 3.20. The summed E-state index contributed by atoms with van der Waals surface area (Å²) >= 11 is 0. The average molecular weight is 366 g/mol. The molecule has 0 unspecified atom stereocenters. The Balaban J connectivity index is 2.34. The van der Waals surface area contributed by atoms with Gasteiger partial charge in [-0.2, -0.15) is 0 Å². The normalized spacial score (nSPS) is 11.6. The lowest BCUT2D eigenvalue weighted by atomic mass is 10.0. The number of aromatic nitrogens is 4. The van der Waals surface area contributed by atoms with Crippen molar-refractivity contribution >= 4 is 11.2 Å². The smallest absolute Gasteiger partial charge is 0.324 e. The molecule has 0 aliphatic carbocycles. The number of allylic oxidation sites excluding steroid dienone is 1. The Hall–Kier alpha value is -2.89. The quantitative estimate of drug-likeness (QED) is 0.629. The van der Waals surface area contributed by atoms with Crippen molar-refractivity contribution in [1.29, 1.82) is 0 Å². The summed E-state index contributed by atoms with van der Waals surface area (Å²) in [6, 6.07) is 7.82. The van der Waals surface area contributed by atoms with Crippen molar-refractivity contribution in [2.45, 2.75) is 46.7 Å². The fourth-order valence-electron chi connectivity index (χ4n) is 3.24. The molecule has 0 aliphatic rings. The van der Waals surface area contributed by atoms with Gasteiger partial charge in [-0.25, -0.2) is 14.3 Å². The second kappa shape index (κ2) is 7.39. The highest BCUT2D eigenvalue weighted by molar-refractivity contribution is 5.72. The second-order valence-corrected chi connectivity index (χ2v) is 7.53. The van der Waals surface area contributed by atoms with Crippen molar-refractivity contribution in [2.24, 2.45) is 5.92 Å². The summed E-state index contributed by atoms with van der Waals surface area (Å²) in [7, 11) is 0. The summed E-state index contributed by atoms with van der Waals surface area (Å²) < 4.78 is 4.56. The first-order valence-corrected chi connectivity index (χ1v) is 9.27. The van der Waals surface area contributed by atoms with E-state index in [1.807, 2.05) is 28.8 Å². The van der Waals surface area contributed by atoms with Gasteiger partial charge in [0.05, 0.1) is 12.0 Å². The number of imidazole rings is 1. The minimum Gasteiger partial charge on any atom is -0.324 e. The van der Waals surface area contributed by atoms with Crippen molar-refractivity contribution in [1.82, 2.24) is 18.7 Å². The van der Waals surface area contributed by atoms with Crippen LogP contribution in [0.3, 0.4) is 0 Å². The molecule has 0 saturated heterocycles. The molecule has 6 nitrogen and oxygen atoms in total. The number of nitrogens with zero attached hydrogens (tertiary/aromatic N) is 4. The van der Waals surface area contributed by atoms with Crippen LogP contribution in [0.25, 0.3) is 16.9 Å². The standard InChI is InChI=1S/C21H26N4O2/c1-6-11-24-20(26)18-19(22-13-23(18)12-14(2)3)25(21(24)27)17-9-7-16(8-10-17)15(4)5/h6-10,13-15H,1,11-12H2,2-5H3. The monoisotopic (exact) mass is 366 g/mol. The molecule has 0 amide bonds. The number of rotatable bonds is 6. The lowest BCUT2D eigenvalue weighted by molar-refractivity contribution is 0.530. The van der Waals surface area contributed by atoms with E-state index in [4.69, 9.17) is 0 Å². The van der Waals surface area contributed by atoms with Gasteiger partial charge in [0.2, 0.25) is 0 Å². The first-order chi connectivity index (χ1) is 12.8. The molecule has 2 heterocycles. The van der Waals surface area contributed by atoms with Crippen molar-refractivity contribution in [3.63, 3.8) is 0 Å². The SMILES string of the molecule is C=CCn1c(=O)c2c(ncn2CC(C)C)n(-c2ccc(C(C)C)cc2)c1=O. The second-order valence-electron chi connectivity index (χ2n) is 7.53. The molecule has 3 aromatic rings. The molecule has 142 valence electrons. The molecule has 0 N–H and O–H groups in total. The van der Waals surface area contributed by atoms with Gasteiger partial charge in [0.15, 0.2) is 11.2 Å². The number of hydrogen-bond acceptors (Lipinski definition) is 3. The third kappa shape index (κ3) is 3.39. The Labute approximate surface area is 158 Å². The molecular formula is C21H26N4O2. The molecule has 27 heavy (non-hydrogen) atoms. The highest BCUT2D eigenvalue weighted by atomic mass is 16.2. The predicted molar refractivity (Wildman–Crippen MR) is 109 cm³/mol. The maximum atomic E-state index is 13.1. The van der Waals surface area contributed by atoms with Gasteiger partial charge >= 0.3 is 5.69 Å². The molecule has 1 aromatic carbocycles. The zero-order valence-electron chi connectivity index (χ0n) is 16.3. The molecule has 0 radical (unpaired) electrons. The fraction of sp³-hybridized carbons (Fsp3) is 0.381. The van der Waals surface area contributed by atoms with E-state index in [1.165, 1.54) is 14.7 Å². The number of benzene rings is 1. The van der Waals surface area contributed by atoms with Crippen LogP contribution in [0.15, 0.2) is 52.8 Å². The zero-order valence-corrected chi connectivity index (χ0v) is 16.3. The molecule has 0 fully saturated rings. The van der Waals surface area contributed by atoms with Crippen LogP contribution in [0, 0.1) is 5.92 Å². The van der Waals surface area contributed by atoms with E-state index in [0.717, 1.165) is 0 Å². The van der Waals surface area contributed by atoms with Crippen LogP contribution >= 0.6 is 0 Å². The van der Waals surface area contributed by atoms with Crippen molar-refractivity contribution in [2.75, 3.05) is 0 Å². The predicted octanol–water partition coefficient (Wildman–Crippen LogP) is 3.31. The van der Waals surface area contributed by atoms with Gasteiger partial charge in [-0.3, -0.25) is 9.36 Å². The van der Waals surface area contributed by atoms with Gasteiger partial charge in [0, 0.05) is 13.1 Å². The van der Waals surface area contributed by atoms with Crippen molar-refractivity contribution < 1.29 is 0 Å². The van der Waals surface area contributed by atoms with Crippen LogP contribution in [0.4, 0.5) is 0 Å². The summed E-state index contributed by atoms with van der Waals surface area (Å²) in [5.74, 6) is 0.746. The lowest BCUT2D eigenvalue weighted by Gasteiger charge is -2.13. The summed E-state index contributed by atoms with van der Waals surface area (Å²) in [6.45, 7) is 12.9. The minimum absolute atomic E-state index is 0.157. The van der Waals surface area contributed by atoms with Crippen LogP contribution in [0.5, 0.6) is 0 Å². The van der Waals surface area contributed by atoms with Crippen molar-refractivity contribution in [3.05, 3.63) is 69.6 Å². The fourth-order valence-corrected chi connectivity index (χ4v) is 3.24. The molecule has 0 aliphatic heterocycles. The molecule has 0 saturated carbocycles. The highest BCUT2D eigenvalue weighted by Gasteiger charge is 2.19. The first kappa shape index (κ1) is 18.9. The third-order valence-electron chi connectivity index (χ3n) is 4.59. The lowest BCUT2D eigenvalue weighted by Crippen LogP contribution is -2.39. The maximum Gasteiger partial charge on any atom is 0.337 e. The van der Waals surface area contributed by atoms with Gasteiger partial charge in [-0.15, -0.1) is 6.58 Å². The molecule has 6 heteroatoms. The van der Waals surface area contributed by atoms with E-state index >= 15 is 0 Å². The first-order valence-electron chi connectivity index (χ1n) is 9.27. The highest BCUT2D eigenvalue weighted by Crippen LogP contribution is 2.18. The van der Waals surface area contributed by atoms with Crippen molar-refractivity contribution in [3.8, 4) is 5.69 Å². The van der Waals surface area contributed by atoms with Gasteiger partial charge in [-0.05, 0) is 29.5 Å². The van der Waals surface area contributed by atoms with E-state index in [2.05, 4.69) is 39.3 Å². The van der Waals surface area contributed by atoms with Crippen LogP contribution < -0.4 is 11.2 Å². The van der Waals surface area contributed by atoms with Gasteiger partial charge in [0.1, 0.15) is 0 Å².